The van der Waals surface area contributed by atoms with Crippen LogP contribution in [-0.2, 0) is 0 Å². The summed E-state index contributed by atoms with van der Waals surface area (Å²) in [7, 11) is 1.60. The average Bonchev–Trinajstić information content (AvgIpc) is 2.50. The Kier molecular flexibility index (Phi) is 3.23. The Hall–Kier alpha value is -2.95. The van der Waals surface area contributed by atoms with Crippen LogP contribution in [0.3, 0.4) is 0 Å². The van der Waals surface area contributed by atoms with Gasteiger partial charge in [-0.15, -0.1) is 0 Å². The van der Waals surface area contributed by atoms with E-state index in [9.17, 15) is 4.79 Å². The van der Waals surface area contributed by atoms with Gasteiger partial charge >= 0.3 is 5.63 Å². The zero-order chi connectivity index (χ0) is 14.8. The van der Waals surface area contributed by atoms with E-state index >= 15 is 0 Å². The van der Waals surface area contributed by atoms with Crippen molar-refractivity contribution in [2.45, 2.75) is 0 Å². The van der Waals surface area contributed by atoms with Gasteiger partial charge in [-0.05, 0) is 42.5 Å². The lowest BCUT2D eigenvalue weighted by Crippen LogP contribution is -2.07. The summed E-state index contributed by atoms with van der Waals surface area (Å²) in [6, 6.07) is 14.2. The van der Waals surface area contributed by atoms with E-state index in [1.165, 1.54) is 0 Å². The van der Waals surface area contributed by atoms with Crippen LogP contribution >= 0.6 is 0 Å². The lowest BCUT2D eigenvalue weighted by Gasteiger charge is -2.08. The zero-order valence-corrected chi connectivity index (χ0v) is 11.4. The second-order valence-electron chi connectivity index (χ2n) is 4.56. The summed E-state index contributed by atoms with van der Waals surface area (Å²) >= 11 is 0. The number of rotatable bonds is 3. The molecule has 0 amide bonds. The van der Waals surface area contributed by atoms with Gasteiger partial charge in [-0.1, -0.05) is 6.07 Å². The molecule has 21 heavy (non-hydrogen) atoms. The molecular formula is C16H14N2O3. The van der Waals surface area contributed by atoms with E-state index in [1.54, 1.807) is 43.5 Å². The van der Waals surface area contributed by atoms with Crippen LogP contribution in [0.4, 0.5) is 17.1 Å². The number of methoxy groups -OCH3 is 1. The van der Waals surface area contributed by atoms with Crippen LogP contribution in [0.1, 0.15) is 0 Å². The van der Waals surface area contributed by atoms with E-state index in [0.717, 1.165) is 11.4 Å². The molecule has 0 saturated heterocycles. The first kappa shape index (κ1) is 13.1. The fourth-order valence-corrected chi connectivity index (χ4v) is 2.08. The van der Waals surface area contributed by atoms with Gasteiger partial charge in [0.2, 0.25) is 0 Å². The Morgan fingerprint density at radius 3 is 2.62 bits per heavy atom. The van der Waals surface area contributed by atoms with Crippen LogP contribution in [0, 0.1) is 0 Å². The molecule has 106 valence electrons. The molecule has 3 N–H and O–H groups in total. The Morgan fingerprint density at radius 1 is 1.14 bits per heavy atom. The molecule has 5 nitrogen and oxygen atoms in total. The van der Waals surface area contributed by atoms with Crippen molar-refractivity contribution in [2.24, 2.45) is 0 Å². The van der Waals surface area contributed by atoms with Crippen molar-refractivity contribution in [1.29, 1.82) is 0 Å². The van der Waals surface area contributed by atoms with Gasteiger partial charge in [0.05, 0.1) is 7.11 Å². The second kappa shape index (κ2) is 5.20. The van der Waals surface area contributed by atoms with Crippen LogP contribution in [-0.4, -0.2) is 7.11 Å². The highest BCUT2D eigenvalue weighted by atomic mass is 16.5. The first-order valence-corrected chi connectivity index (χ1v) is 6.41. The van der Waals surface area contributed by atoms with Crippen LogP contribution in [0.5, 0.6) is 5.75 Å². The van der Waals surface area contributed by atoms with Gasteiger partial charge in [0.15, 0.2) is 0 Å². The summed E-state index contributed by atoms with van der Waals surface area (Å²) in [5, 5.41) is 3.73. The number of hydrogen-bond donors (Lipinski definition) is 2. The molecule has 5 heteroatoms. The zero-order valence-electron chi connectivity index (χ0n) is 11.4. The summed E-state index contributed by atoms with van der Waals surface area (Å²) in [5.74, 6) is 0.746. The Bertz CT molecular complexity index is 838. The van der Waals surface area contributed by atoms with Crippen molar-refractivity contribution < 1.29 is 9.15 Å². The smallest absolute Gasteiger partial charge is 0.360 e. The topological polar surface area (TPSA) is 77.5 Å². The number of benzene rings is 2. The first-order valence-electron chi connectivity index (χ1n) is 6.41. The SMILES string of the molecule is COc1ccc(Nc2cc3c(N)cccc3oc2=O)cc1. The van der Waals surface area contributed by atoms with E-state index in [-0.39, 0.29) is 0 Å². The lowest BCUT2D eigenvalue weighted by atomic mass is 10.2. The highest BCUT2D eigenvalue weighted by molar-refractivity contribution is 5.91. The molecule has 1 heterocycles. The molecule has 0 atom stereocenters. The van der Waals surface area contributed by atoms with Gasteiger partial charge < -0.3 is 20.2 Å². The molecule has 0 radical (unpaired) electrons. The Labute approximate surface area is 121 Å². The van der Waals surface area contributed by atoms with Crippen LogP contribution < -0.4 is 21.4 Å². The minimum Gasteiger partial charge on any atom is -0.497 e. The van der Waals surface area contributed by atoms with Crippen LogP contribution in [0.25, 0.3) is 11.0 Å². The maximum atomic E-state index is 12.0. The fourth-order valence-electron chi connectivity index (χ4n) is 2.08. The predicted octanol–water partition coefficient (Wildman–Crippen LogP) is 3.13. The normalized spacial score (nSPS) is 10.5. The van der Waals surface area contributed by atoms with Crippen molar-refractivity contribution in [3.63, 3.8) is 0 Å². The third-order valence-electron chi connectivity index (χ3n) is 3.18. The third-order valence-corrected chi connectivity index (χ3v) is 3.18. The standard InChI is InChI=1S/C16H14N2O3/c1-20-11-7-5-10(6-8-11)18-14-9-12-13(17)3-2-4-15(12)21-16(14)19/h2-9,18H,17H2,1H3. The molecule has 0 aliphatic carbocycles. The molecule has 0 aliphatic rings. The van der Waals surface area contributed by atoms with Gasteiger partial charge in [-0.3, -0.25) is 0 Å². The summed E-state index contributed by atoms with van der Waals surface area (Å²) in [4.78, 5) is 12.0. The number of nitrogens with two attached hydrogens (primary N) is 1. The largest absolute Gasteiger partial charge is 0.497 e. The van der Waals surface area contributed by atoms with Gasteiger partial charge in [-0.2, -0.15) is 0 Å². The summed E-state index contributed by atoms with van der Waals surface area (Å²) in [6.07, 6.45) is 0. The van der Waals surface area contributed by atoms with E-state index in [0.29, 0.717) is 22.3 Å². The number of hydrogen-bond acceptors (Lipinski definition) is 5. The van der Waals surface area contributed by atoms with Crippen molar-refractivity contribution in [1.82, 2.24) is 0 Å². The Balaban J connectivity index is 2.01. The van der Waals surface area contributed by atoms with Gasteiger partial charge in [0.1, 0.15) is 17.0 Å². The molecule has 3 rings (SSSR count). The quantitative estimate of drug-likeness (QED) is 0.570. The number of nitrogen functional groups attached to an aromatic ring is 1. The molecule has 0 spiro atoms. The molecule has 0 aliphatic heterocycles. The summed E-state index contributed by atoms with van der Waals surface area (Å²) < 4.78 is 10.4. The third kappa shape index (κ3) is 2.53. The summed E-state index contributed by atoms with van der Waals surface area (Å²) in [5.41, 5.74) is 7.60. The van der Waals surface area contributed by atoms with Gasteiger partial charge in [0, 0.05) is 16.8 Å². The summed E-state index contributed by atoms with van der Waals surface area (Å²) in [6.45, 7) is 0. The maximum Gasteiger partial charge on any atom is 0.360 e. The minimum absolute atomic E-state index is 0.338. The van der Waals surface area contributed by atoms with Gasteiger partial charge in [-0.25, -0.2) is 4.79 Å². The minimum atomic E-state index is -0.441. The molecule has 0 saturated carbocycles. The number of anilines is 3. The van der Waals surface area contributed by atoms with E-state index in [2.05, 4.69) is 5.32 Å². The number of nitrogens with one attached hydrogen (secondary N) is 1. The predicted molar refractivity (Wildman–Crippen MR) is 83.2 cm³/mol. The first-order chi connectivity index (χ1) is 10.2. The van der Waals surface area contributed by atoms with E-state index in [4.69, 9.17) is 14.9 Å². The molecule has 1 aromatic heterocycles. The highest BCUT2D eigenvalue weighted by Gasteiger charge is 2.07. The second-order valence-corrected chi connectivity index (χ2v) is 4.56. The van der Waals surface area contributed by atoms with Crippen molar-refractivity contribution in [3.8, 4) is 5.75 Å². The number of fused-ring (bicyclic) bond motifs is 1. The monoisotopic (exact) mass is 282 g/mol. The highest BCUT2D eigenvalue weighted by Crippen LogP contribution is 2.24. The molecule has 0 unspecified atom stereocenters. The molecular weight excluding hydrogens is 268 g/mol. The van der Waals surface area contributed by atoms with Crippen molar-refractivity contribution >= 4 is 28.0 Å². The molecule has 0 bridgehead atoms. The van der Waals surface area contributed by atoms with Crippen LogP contribution in [0.2, 0.25) is 0 Å². The molecule has 2 aromatic carbocycles. The maximum absolute atomic E-state index is 12.0. The molecule has 3 aromatic rings. The average molecular weight is 282 g/mol. The Morgan fingerprint density at radius 2 is 1.90 bits per heavy atom. The molecule has 0 fully saturated rings. The van der Waals surface area contributed by atoms with Crippen LogP contribution in [0.15, 0.2) is 57.7 Å². The van der Waals surface area contributed by atoms with Crippen molar-refractivity contribution in [3.05, 3.63) is 59.0 Å². The van der Waals surface area contributed by atoms with Crippen molar-refractivity contribution in [2.75, 3.05) is 18.2 Å². The van der Waals surface area contributed by atoms with E-state index in [1.807, 2.05) is 12.1 Å². The van der Waals surface area contributed by atoms with Gasteiger partial charge in [0.25, 0.3) is 0 Å². The lowest BCUT2D eigenvalue weighted by molar-refractivity contribution is 0.415. The fraction of sp³-hybridized carbons (Fsp3) is 0.0625. The number of ether oxygens (including phenoxy) is 1. The van der Waals surface area contributed by atoms with E-state index < -0.39 is 5.63 Å².